The van der Waals surface area contributed by atoms with Crippen LogP contribution in [0.4, 0.5) is 0 Å². The first-order chi connectivity index (χ1) is 8.51. The standard InChI is InChI=1S/C12H15NO5/c1-13(7-10(14)18-3)12(16)8-5-4-6-9(17-2)11(8)15/h4-6,15H,7H2,1-3H3. The highest BCUT2D eigenvalue weighted by atomic mass is 16.5. The lowest BCUT2D eigenvalue weighted by atomic mass is 10.1. The van der Waals surface area contributed by atoms with Crippen molar-refractivity contribution in [1.82, 2.24) is 4.90 Å². The molecule has 0 aliphatic heterocycles. The van der Waals surface area contributed by atoms with Gasteiger partial charge < -0.3 is 19.5 Å². The molecule has 0 saturated heterocycles. The van der Waals surface area contributed by atoms with Gasteiger partial charge in [0.2, 0.25) is 0 Å². The summed E-state index contributed by atoms with van der Waals surface area (Å²) in [4.78, 5) is 24.2. The number of carbonyl (C=O) groups excluding carboxylic acids is 2. The van der Waals surface area contributed by atoms with Gasteiger partial charge in [-0.3, -0.25) is 9.59 Å². The fourth-order valence-corrected chi connectivity index (χ4v) is 1.40. The van der Waals surface area contributed by atoms with Gasteiger partial charge in [0.1, 0.15) is 6.54 Å². The molecule has 0 bridgehead atoms. The van der Waals surface area contributed by atoms with E-state index in [0.717, 1.165) is 4.90 Å². The van der Waals surface area contributed by atoms with Gasteiger partial charge in [-0.1, -0.05) is 6.07 Å². The summed E-state index contributed by atoms with van der Waals surface area (Å²) in [6, 6.07) is 4.57. The van der Waals surface area contributed by atoms with Crippen LogP contribution in [-0.2, 0) is 9.53 Å². The summed E-state index contributed by atoms with van der Waals surface area (Å²) in [6.07, 6.45) is 0. The molecule has 98 valence electrons. The van der Waals surface area contributed by atoms with Crippen molar-refractivity contribution in [2.24, 2.45) is 0 Å². The zero-order chi connectivity index (χ0) is 13.7. The van der Waals surface area contributed by atoms with Crippen LogP contribution in [0.25, 0.3) is 0 Å². The Balaban J connectivity index is 2.93. The number of phenolic OH excluding ortho intramolecular Hbond substituents is 1. The van der Waals surface area contributed by atoms with Crippen LogP contribution in [0.2, 0.25) is 0 Å². The maximum Gasteiger partial charge on any atom is 0.325 e. The molecule has 0 unspecified atom stereocenters. The minimum Gasteiger partial charge on any atom is -0.504 e. The topological polar surface area (TPSA) is 76.1 Å². The van der Waals surface area contributed by atoms with E-state index < -0.39 is 11.9 Å². The van der Waals surface area contributed by atoms with Crippen LogP contribution in [0.15, 0.2) is 18.2 Å². The highest BCUT2D eigenvalue weighted by molar-refractivity contribution is 5.98. The van der Waals surface area contributed by atoms with E-state index in [9.17, 15) is 14.7 Å². The number of hydrogen-bond donors (Lipinski definition) is 1. The van der Waals surface area contributed by atoms with Gasteiger partial charge in [0.05, 0.1) is 19.8 Å². The Hall–Kier alpha value is -2.24. The van der Waals surface area contributed by atoms with E-state index in [1.165, 1.54) is 33.4 Å². The molecule has 18 heavy (non-hydrogen) atoms. The molecule has 0 spiro atoms. The van der Waals surface area contributed by atoms with Crippen molar-refractivity contribution in [3.63, 3.8) is 0 Å². The second-order valence-corrected chi connectivity index (χ2v) is 3.59. The Kier molecular flexibility index (Phi) is 4.53. The summed E-state index contributed by atoms with van der Waals surface area (Å²) < 4.78 is 9.37. The van der Waals surface area contributed by atoms with E-state index in [0.29, 0.717) is 0 Å². The van der Waals surface area contributed by atoms with Gasteiger partial charge in [-0.25, -0.2) is 0 Å². The number of amides is 1. The van der Waals surface area contributed by atoms with Gasteiger partial charge in [0, 0.05) is 7.05 Å². The summed E-state index contributed by atoms with van der Waals surface area (Å²) in [7, 11) is 4.07. The molecule has 0 aliphatic carbocycles. The zero-order valence-corrected chi connectivity index (χ0v) is 10.5. The number of para-hydroxylation sites is 1. The fraction of sp³-hybridized carbons (Fsp3) is 0.333. The van der Waals surface area contributed by atoms with Crippen molar-refractivity contribution in [2.75, 3.05) is 27.8 Å². The lowest BCUT2D eigenvalue weighted by Crippen LogP contribution is -2.32. The average molecular weight is 253 g/mol. The Morgan fingerprint density at radius 2 is 2.00 bits per heavy atom. The van der Waals surface area contributed by atoms with Crippen LogP contribution in [-0.4, -0.2) is 49.7 Å². The highest BCUT2D eigenvalue weighted by Gasteiger charge is 2.20. The number of esters is 1. The molecule has 1 aromatic carbocycles. The van der Waals surface area contributed by atoms with Crippen LogP contribution in [0.3, 0.4) is 0 Å². The second-order valence-electron chi connectivity index (χ2n) is 3.59. The Labute approximate surface area is 105 Å². The van der Waals surface area contributed by atoms with Gasteiger partial charge >= 0.3 is 5.97 Å². The maximum absolute atomic E-state index is 12.0. The molecular weight excluding hydrogens is 238 g/mol. The Morgan fingerprint density at radius 1 is 1.33 bits per heavy atom. The molecule has 0 aromatic heterocycles. The van der Waals surface area contributed by atoms with E-state index in [4.69, 9.17) is 4.74 Å². The highest BCUT2D eigenvalue weighted by Crippen LogP contribution is 2.29. The van der Waals surface area contributed by atoms with Crippen LogP contribution in [0.1, 0.15) is 10.4 Å². The Morgan fingerprint density at radius 3 is 2.56 bits per heavy atom. The van der Waals surface area contributed by atoms with Gasteiger partial charge in [0.15, 0.2) is 11.5 Å². The first-order valence-corrected chi connectivity index (χ1v) is 5.19. The first kappa shape index (κ1) is 13.8. The largest absolute Gasteiger partial charge is 0.504 e. The van der Waals surface area contributed by atoms with Crippen molar-refractivity contribution >= 4 is 11.9 Å². The van der Waals surface area contributed by atoms with Gasteiger partial charge in [-0.2, -0.15) is 0 Å². The monoisotopic (exact) mass is 253 g/mol. The fourth-order valence-electron chi connectivity index (χ4n) is 1.40. The van der Waals surface area contributed by atoms with Crippen LogP contribution >= 0.6 is 0 Å². The van der Waals surface area contributed by atoms with Crippen molar-refractivity contribution in [3.8, 4) is 11.5 Å². The number of carbonyl (C=O) groups is 2. The van der Waals surface area contributed by atoms with E-state index in [1.54, 1.807) is 6.07 Å². The molecule has 1 rings (SSSR count). The van der Waals surface area contributed by atoms with Crippen LogP contribution in [0, 0.1) is 0 Å². The number of phenols is 1. The van der Waals surface area contributed by atoms with Crippen molar-refractivity contribution in [2.45, 2.75) is 0 Å². The number of aromatic hydroxyl groups is 1. The smallest absolute Gasteiger partial charge is 0.325 e. The first-order valence-electron chi connectivity index (χ1n) is 5.19. The molecule has 0 heterocycles. The molecule has 1 N–H and O–H groups in total. The third-order valence-corrected chi connectivity index (χ3v) is 2.39. The minimum atomic E-state index is -0.534. The molecule has 0 radical (unpaired) electrons. The quantitative estimate of drug-likeness (QED) is 0.797. The Bertz CT molecular complexity index is 458. The van der Waals surface area contributed by atoms with Crippen molar-refractivity contribution < 1.29 is 24.2 Å². The number of ether oxygens (including phenoxy) is 2. The molecule has 6 heteroatoms. The third kappa shape index (κ3) is 2.91. The summed E-state index contributed by atoms with van der Waals surface area (Å²) in [6.45, 7) is -0.189. The third-order valence-electron chi connectivity index (χ3n) is 2.39. The van der Waals surface area contributed by atoms with Gasteiger partial charge in [0.25, 0.3) is 5.91 Å². The van der Waals surface area contributed by atoms with E-state index in [2.05, 4.69) is 4.74 Å². The van der Waals surface area contributed by atoms with Gasteiger partial charge in [-0.15, -0.1) is 0 Å². The molecule has 6 nitrogen and oxygen atoms in total. The molecule has 1 amide bonds. The zero-order valence-electron chi connectivity index (χ0n) is 10.5. The average Bonchev–Trinajstić information content (AvgIpc) is 2.38. The van der Waals surface area contributed by atoms with Crippen LogP contribution in [0.5, 0.6) is 11.5 Å². The molecule has 0 atom stereocenters. The molecule has 0 aliphatic rings. The van der Waals surface area contributed by atoms with E-state index >= 15 is 0 Å². The number of likely N-dealkylation sites (N-methyl/N-ethyl adjacent to an activating group) is 1. The lowest BCUT2D eigenvalue weighted by molar-refractivity contribution is -0.141. The number of nitrogens with zero attached hydrogens (tertiary/aromatic N) is 1. The van der Waals surface area contributed by atoms with Crippen molar-refractivity contribution in [3.05, 3.63) is 23.8 Å². The second kappa shape index (κ2) is 5.90. The lowest BCUT2D eigenvalue weighted by Gasteiger charge is -2.17. The number of methoxy groups -OCH3 is 2. The molecule has 0 fully saturated rings. The SMILES string of the molecule is COC(=O)CN(C)C(=O)c1cccc(OC)c1O. The van der Waals surface area contributed by atoms with E-state index in [-0.39, 0.29) is 23.6 Å². The minimum absolute atomic E-state index is 0.0701. The maximum atomic E-state index is 12.0. The van der Waals surface area contributed by atoms with E-state index in [1.807, 2.05) is 0 Å². The summed E-state index contributed by atoms with van der Waals surface area (Å²) in [5, 5.41) is 9.81. The molecular formula is C12H15NO5. The predicted molar refractivity (Wildman–Crippen MR) is 63.6 cm³/mol. The molecule has 0 saturated carbocycles. The molecule has 1 aromatic rings. The number of benzene rings is 1. The predicted octanol–water partition coefficient (Wildman–Crippen LogP) is 0.646. The summed E-state index contributed by atoms with van der Waals surface area (Å²) in [5.41, 5.74) is 0.0701. The van der Waals surface area contributed by atoms with Crippen LogP contribution < -0.4 is 4.74 Å². The summed E-state index contributed by atoms with van der Waals surface area (Å²) >= 11 is 0. The van der Waals surface area contributed by atoms with Crippen molar-refractivity contribution in [1.29, 1.82) is 0 Å². The number of rotatable bonds is 4. The normalized spacial score (nSPS) is 9.72. The summed E-state index contributed by atoms with van der Waals surface area (Å²) in [5.74, 6) is -1.07. The van der Waals surface area contributed by atoms with Gasteiger partial charge in [-0.05, 0) is 12.1 Å². The number of hydrogen-bond acceptors (Lipinski definition) is 5.